The molecule has 2 bridgehead atoms. The Morgan fingerprint density at radius 1 is 1.15 bits per heavy atom. The number of allylic oxidation sites excluding steroid dienone is 1. The van der Waals surface area contributed by atoms with Crippen molar-refractivity contribution in [2.75, 3.05) is 13.4 Å². The fraction of sp³-hybridized carbons (Fsp3) is 0.514. The van der Waals surface area contributed by atoms with Gasteiger partial charge in [0.2, 0.25) is 5.91 Å². The van der Waals surface area contributed by atoms with Crippen LogP contribution in [0.15, 0.2) is 54.6 Å². The van der Waals surface area contributed by atoms with E-state index in [4.69, 9.17) is 23.8 Å². The van der Waals surface area contributed by atoms with E-state index in [2.05, 4.69) is 5.32 Å². The van der Waals surface area contributed by atoms with Crippen LogP contribution in [0.2, 0.25) is 0 Å². The number of nitrogens with one attached hydrogen (secondary N) is 1. The molecule has 3 aliphatic heterocycles. The number of phenolic OH excluding ortho intramolecular Hbond substituents is 1. The molecule has 12 nitrogen and oxygen atoms in total. The Morgan fingerprint density at radius 2 is 1.94 bits per heavy atom. The lowest BCUT2D eigenvalue weighted by Gasteiger charge is -2.49. The second-order valence-electron chi connectivity index (χ2n) is 13.6. The molecule has 0 radical (unpaired) electrons. The van der Waals surface area contributed by atoms with Gasteiger partial charge < -0.3 is 34.5 Å². The Bertz CT molecular complexity index is 1520. The maximum atomic E-state index is 14.3. The molecule has 3 saturated heterocycles. The van der Waals surface area contributed by atoms with Crippen molar-refractivity contribution in [1.82, 2.24) is 10.4 Å². The summed E-state index contributed by atoms with van der Waals surface area (Å²) in [4.78, 5) is 46.8. The third-order valence-electron chi connectivity index (χ3n) is 9.10. The Hall–Kier alpha value is -3.81. The summed E-state index contributed by atoms with van der Waals surface area (Å²) in [5.74, 6) is -1.27. The standard InChI is InChI=1S/C35H42N2O10/c1-34(2,3)46-27(40)15-14-24(19-38)36-33(42)35-17-26-28-29(44-20-43-28)31(35)47-37(30(35)32(41)45-26)18-22-10-6-8-21(16-22)9-7-12-23-11-4-5-13-25(23)39/h4-11,13,16,24,26,28-31,38-39H,12,14-15,17-20H2,1-3H3,(H,36,42)/t24-,26+,28-,29-,30-,31+,35-/m0/s1. The first-order valence-corrected chi connectivity index (χ1v) is 16.0. The third-order valence-corrected chi connectivity index (χ3v) is 9.10. The van der Waals surface area contributed by atoms with Gasteiger partial charge in [-0.3, -0.25) is 19.2 Å². The molecule has 3 N–H and O–H groups in total. The van der Waals surface area contributed by atoms with E-state index in [-0.39, 0.29) is 38.3 Å². The molecule has 2 aromatic carbocycles. The number of hydrogen-bond donors (Lipinski definition) is 3. The Labute approximate surface area is 273 Å². The fourth-order valence-electron chi connectivity index (χ4n) is 7.03. The van der Waals surface area contributed by atoms with Crippen molar-refractivity contribution in [2.45, 2.75) is 95.1 Å². The number of aromatic hydroxyl groups is 1. The van der Waals surface area contributed by atoms with Gasteiger partial charge >= 0.3 is 11.9 Å². The lowest BCUT2D eigenvalue weighted by Crippen LogP contribution is -2.70. The van der Waals surface area contributed by atoms with Gasteiger partial charge in [-0.05, 0) is 56.4 Å². The number of rotatable bonds is 11. The average molecular weight is 651 g/mol. The number of para-hydroxylation sites is 1. The number of carbonyl (C=O) groups is 3. The number of esters is 2. The smallest absolute Gasteiger partial charge is 0.327 e. The third kappa shape index (κ3) is 6.79. The summed E-state index contributed by atoms with van der Waals surface area (Å²) < 4.78 is 22.9. The predicted molar refractivity (Wildman–Crippen MR) is 167 cm³/mol. The maximum absolute atomic E-state index is 14.3. The largest absolute Gasteiger partial charge is 0.508 e. The van der Waals surface area contributed by atoms with Gasteiger partial charge in [0.05, 0.1) is 19.2 Å². The number of aliphatic hydroxyl groups excluding tert-OH is 1. The molecule has 1 amide bonds. The molecule has 2 aromatic rings. The summed E-state index contributed by atoms with van der Waals surface area (Å²) >= 11 is 0. The Morgan fingerprint density at radius 3 is 2.70 bits per heavy atom. The summed E-state index contributed by atoms with van der Waals surface area (Å²) in [6.45, 7) is 5.06. The second kappa shape index (κ2) is 13.4. The highest BCUT2D eigenvalue weighted by molar-refractivity contribution is 5.93. The van der Waals surface area contributed by atoms with Crippen LogP contribution in [0.4, 0.5) is 0 Å². The number of ether oxygens (including phenoxy) is 4. The van der Waals surface area contributed by atoms with E-state index in [1.54, 1.807) is 32.9 Å². The van der Waals surface area contributed by atoms with E-state index in [0.717, 1.165) is 16.7 Å². The van der Waals surface area contributed by atoms with Gasteiger partial charge in [-0.2, -0.15) is 5.06 Å². The highest BCUT2D eigenvalue weighted by Crippen LogP contribution is 2.55. The van der Waals surface area contributed by atoms with E-state index in [0.29, 0.717) is 6.42 Å². The van der Waals surface area contributed by atoms with Crippen LogP contribution in [0.25, 0.3) is 6.08 Å². The van der Waals surface area contributed by atoms with E-state index >= 15 is 0 Å². The highest BCUT2D eigenvalue weighted by atomic mass is 16.8. The zero-order valence-corrected chi connectivity index (χ0v) is 26.8. The maximum Gasteiger partial charge on any atom is 0.327 e. The number of phenols is 1. The van der Waals surface area contributed by atoms with Crippen molar-refractivity contribution in [3.63, 3.8) is 0 Å². The molecule has 3 heterocycles. The molecular weight excluding hydrogens is 608 g/mol. The molecule has 1 saturated carbocycles. The van der Waals surface area contributed by atoms with Crippen LogP contribution in [0.3, 0.4) is 0 Å². The molecule has 47 heavy (non-hydrogen) atoms. The number of fused-ring (bicyclic) bond motifs is 4. The van der Waals surface area contributed by atoms with Crippen molar-refractivity contribution in [1.29, 1.82) is 0 Å². The Balaban J connectivity index is 1.21. The molecule has 4 aliphatic rings. The zero-order chi connectivity index (χ0) is 33.3. The summed E-state index contributed by atoms with van der Waals surface area (Å²) in [7, 11) is 0. The molecule has 4 fully saturated rings. The summed E-state index contributed by atoms with van der Waals surface area (Å²) in [5, 5.41) is 24.6. The van der Waals surface area contributed by atoms with Gasteiger partial charge in [0, 0.05) is 12.8 Å². The van der Waals surface area contributed by atoms with Crippen LogP contribution in [0.5, 0.6) is 5.75 Å². The first-order valence-electron chi connectivity index (χ1n) is 16.0. The molecule has 7 atom stereocenters. The second-order valence-corrected chi connectivity index (χ2v) is 13.6. The van der Waals surface area contributed by atoms with Gasteiger partial charge in [-0.1, -0.05) is 54.6 Å². The zero-order valence-electron chi connectivity index (χ0n) is 26.8. The van der Waals surface area contributed by atoms with E-state index in [1.807, 2.05) is 48.6 Å². The van der Waals surface area contributed by atoms with Crippen LogP contribution < -0.4 is 5.32 Å². The molecule has 12 heteroatoms. The van der Waals surface area contributed by atoms with Crippen molar-refractivity contribution in [3.8, 4) is 5.75 Å². The van der Waals surface area contributed by atoms with Crippen LogP contribution in [0.1, 0.15) is 56.7 Å². The van der Waals surface area contributed by atoms with Crippen molar-refractivity contribution >= 4 is 23.9 Å². The normalized spacial score (nSPS) is 28.9. The first-order chi connectivity index (χ1) is 22.5. The number of amides is 1. The topological polar surface area (TPSA) is 153 Å². The van der Waals surface area contributed by atoms with Gasteiger partial charge in [0.15, 0.2) is 6.04 Å². The average Bonchev–Trinajstić information content (AvgIpc) is 3.64. The molecular formula is C35H42N2O10. The van der Waals surface area contributed by atoms with Crippen LogP contribution in [0, 0.1) is 5.41 Å². The quantitative estimate of drug-likeness (QED) is 0.308. The predicted octanol–water partition coefficient (Wildman–Crippen LogP) is 2.79. The van der Waals surface area contributed by atoms with Gasteiger partial charge in [0.1, 0.15) is 48.0 Å². The SMILES string of the molecule is CC(C)(C)OC(=O)CC[C@@H](CO)NC(=O)[C@@]12C[C@H]3OC(=O)[C@@H]1N(Cc1cccc(C=CCc4ccccc4O)c1)O[C@@H]2[C@H]1OCO[C@H]13. The minimum Gasteiger partial charge on any atom is -0.508 e. The van der Waals surface area contributed by atoms with Crippen molar-refractivity contribution in [3.05, 3.63) is 71.3 Å². The minimum absolute atomic E-state index is 0.00509. The van der Waals surface area contributed by atoms with Gasteiger partial charge in [-0.25, -0.2) is 0 Å². The van der Waals surface area contributed by atoms with Gasteiger partial charge in [0.25, 0.3) is 0 Å². The monoisotopic (exact) mass is 650 g/mol. The van der Waals surface area contributed by atoms with E-state index < -0.39 is 72.0 Å². The van der Waals surface area contributed by atoms with Crippen molar-refractivity contribution in [2.24, 2.45) is 5.41 Å². The minimum atomic E-state index is -1.39. The summed E-state index contributed by atoms with van der Waals surface area (Å²) in [6.07, 6.45) is 1.98. The van der Waals surface area contributed by atoms with Crippen molar-refractivity contribution < 1.29 is 48.4 Å². The molecule has 0 spiro atoms. The van der Waals surface area contributed by atoms with E-state index in [9.17, 15) is 24.6 Å². The number of nitrogens with zero attached hydrogens (tertiary/aromatic N) is 1. The highest BCUT2D eigenvalue weighted by Gasteiger charge is 2.74. The Kier molecular flexibility index (Phi) is 9.41. The number of hydroxylamine groups is 2. The summed E-state index contributed by atoms with van der Waals surface area (Å²) in [6, 6.07) is 13.1. The lowest BCUT2D eigenvalue weighted by atomic mass is 9.62. The first kappa shape index (κ1) is 33.1. The molecule has 6 rings (SSSR count). The fourth-order valence-corrected chi connectivity index (χ4v) is 7.03. The van der Waals surface area contributed by atoms with Crippen LogP contribution in [-0.4, -0.2) is 88.6 Å². The van der Waals surface area contributed by atoms with Crippen LogP contribution >= 0.6 is 0 Å². The summed E-state index contributed by atoms with van der Waals surface area (Å²) in [5.41, 5.74) is 0.523. The number of benzene rings is 2. The molecule has 0 unspecified atom stereocenters. The van der Waals surface area contributed by atoms with Gasteiger partial charge in [-0.15, -0.1) is 0 Å². The van der Waals surface area contributed by atoms with E-state index in [1.165, 1.54) is 5.06 Å². The van der Waals surface area contributed by atoms with Crippen LogP contribution in [-0.2, 0) is 51.1 Å². The number of aliphatic hydroxyl groups is 1. The number of carbonyl (C=O) groups excluding carboxylic acids is 3. The number of hydrogen-bond acceptors (Lipinski definition) is 11. The molecule has 252 valence electrons. The molecule has 1 aliphatic carbocycles. The molecule has 0 aromatic heterocycles. The lowest BCUT2D eigenvalue weighted by molar-refractivity contribution is -0.201.